The molecule has 8 heteroatoms. The zero-order valence-electron chi connectivity index (χ0n) is 19.8. The van der Waals surface area contributed by atoms with Gasteiger partial charge in [0.25, 0.3) is 5.91 Å². The average molecular weight is 494 g/mol. The molecular weight excluding hydrogens is 465 g/mol. The lowest BCUT2D eigenvalue weighted by Gasteiger charge is -2.26. The number of carbonyl (C=O) groups excluding carboxylic acids is 3. The Kier molecular flexibility index (Phi) is 7.40. The smallest absolute Gasteiger partial charge is 0.266 e. The van der Waals surface area contributed by atoms with E-state index in [1.54, 1.807) is 13.8 Å². The largest absolute Gasteiger partial charge is 0.338 e. The molecule has 1 aliphatic heterocycles. The minimum absolute atomic E-state index is 0.0546. The maximum atomic E-state index is 13.3. The summed E-state index contributed by atoms with van der Waals surface area (Å²) < 4.78 is 13.2. The fourth-order valence-electron chi connectivity index (χ4n) is 4.04. The van der Waals surface area contributed by atoms with Gasteiger partial charge < -0.3 is 10.2 Å². The van der Waals surface area contributed by atoms with Crippen LogP contribution in [0, 0.1) is 11.2 Å². The lowest BCUT2D eigenvalue weighted by atomic mass is 9.84. The molecule has 182 valence electrons. The predicted octanol–water partition coefficient (Wildman–Crippen LogP) is 5.81. The number of halogens is 1. The highest BCUT2D eigenvalue weighted by Gasteiger charge is 2.33. The third-order valence-electron chi connectivity index (χ3n) is 6.12. The summed E-state index contributed by atoms with van der Waals surface area (Å²) in [5, 5.41) is 3.14. The lowest BCUT2D eigenvalue weighted by molar-refractivity contribution is -0.123. The second-order valence-corrected chi connectivity index (χ2v) is 10.4. The number of amides is 2. The van der Waals surface area contributed by atoms with Crippen LogP contribution in [0.3, 0.4) is 0 Å². The first-order valence-electron chi connectivity index (χ1n) is 11.7. The minimum Gasteiger partial charge on any atom is -0.338 e. The van der Waals surface area contributed by atoms with Gasteiger partial charge in [-0.25, -0.2) is 9.37 Å². The summed E-state index contributed by atoms with van der Waals surface area (Å²) in [5.41, 5.74) is 0.653. The van der Waals surface area contributed by atoms with Crippen LogP contribution >= 0.6 is 11.3 Å². The highest BCUT2D eigenvalue weighted by molar-refractivity contribution is 7.18. The van der Waals surface area contributed by atoms with Crippen molar-refractivity contribution < 1.29 is 18.8 Å². The van der Waals surface area contributed by atoms with Crippen molar-refractivity contribution in [2.45, 2.75) is 39.5 Å². The number of Topliss-reactive ketones (excluding diaryl/α,β-unsaturated/α-hetero) is 1. The number of thiazole rings is 1. The molecule has 0 saturated carbocycles. The zero-order valence-corrected chi connectivity index (χ0v) is 20.7. The molecule has 1 N–H and O–H groups in total. The van der Waals surface area contributed by atoms with Gasteiger partial charge in [-0.1, -0.05) is 55.5 Å². The van der Waals surface area contributed by atoms with Gasteiger partial charge in [-0.3, -0.25) is 14.4 Å². The Bertz CT molecular complexity index is 1220. The van der Waals surface area contributed by atoms with Gasteiger partial charge in [0, 0.05) is 30.6 Å². The van der Waals surface area contributed by atoms with Crippen molar-refractivity contribution >= 4 is 34.1 Å². The Morgan fingerprint density at radius 2 is 1.66 bits per heavy atom. The van der Waals surface area contributed by atoms with Crippen LogP contribution < -0.4 is 5.32 Å². The van der Waals surface area contributed by atoms with Crippen LogP contribution in [-0.2, 0) is 4.79 Å². The van der Waals surface area contributed by atoms with Gasteiger partial charge in [0.05, 0.1) is 11.1 Å². The SMILES string of the molecule is CC(C)(CC(=O)c1ccc(F)cc1)C(=O)Nc1nc(-c2ccccc2)c(C(=O)N2CCCCC2)s1. The third-order valence-corrected chi connectivity index (χ3v) is 7.07. The van der Waals surface area contributed by atoms with Gasteiger partial charge >= 0.3 is 0 Å². The Labute approximate surface area is 208 Å². The van der Waals surface area contributed by atoms with Crippen molar-refractivity contribution in [3.8, 4) is 11.3 Å². The van der Waals surface area contributed by atoms with Crippen molar-refractivity contribution in [3.63, 3.8) is 0 Å². The molecule has 6 nitrogen and oxygen atoms in total. The maximum absolute atomic E-state index is 13.3. The Morgan fingerprint density at radius 1 is 1.00 bits per heavy atom. The van der Waals surface area contributed by atoms with Gasteiger partial charge in [-0.15, -0.1) is 0 Å². The summed E-state index contributed by atoms with van der Waals surface area (Å²) in [4.78, 5) is 46.1. The van der Waals surface area contributed by atoms with E-state index in [1.165, 1.54) is 24.3 Å². The van der Waals surface area contributed by atoms with Crippen LogP contribution in [0.25, 0.3) is 11.3 Å². The van der Waals surface area contributed by atoms with E-state index >= 15 is 0 Å². The molecule has 1 aromatic heterocycles. The van der Waals surface area contributed by atoms with Crippen LogP contribution in [0.15, 0.2) is 54.6 Å². The van der Waals surface area contributed by atoms with Gasteiger partial charge in [0.1, 0.15) is 10.7 Å². The standard InChI is InChI=1S/C27H28FN3O3S/c1-27(2,17-21(32)18-11-13-20(28)14-12-18)25(34)30-26-29-22(19-9-5-3-6-10-19)23(35-26)24(33)31-15-7-4-8-16-31/h3,5-6,9-14H,4,7-8,15-17H2,1-2H3,(H,29,30,34). The first kappa shape index (κ1) is 24.7. The molecule has 0 spiro atoms. The number of benzene rings is 2. The summed E-state index contributed by atoms with van der Waals surface area (Å²) in [6, 6.07) is 14.7. The van der Waals surface area contributed by atoms with E-state index in [9.17, 15) is 18.8 Å². The topological polar surface area (TPSA) is 79.4 Å². The molecule has 1 fully saturated rings. The molecule has 2 heterocycles. The number of anilines is 1. The Balaban J connectivity index is 1.55. The van der Waals surface area contributed by atoms with Gasteiger partial charge in [0.2, 0.25) is 5.91 Å². The van der Waals surface area contributed by atoms with Gasteiger partial charge in [0.15, 0.2) is 10.9 Å². The molecule has 1 saturated heterocycles. The lowest BCUT2D eigenvalue weighted by Crippen LogP contribution is -2.35. The zero-order chi connectivity index (χ0) is 25.0. The number of ketones is 1. The van der Waals surface area contributed by atoms with Crippen molar-refractivity contribution in [1.82, 2.24) is 9.88 Å². The number of nitrogens with zero attached hydrogens (tertiary/aromatic N) is 2. The molecule has 2 aromatic carbocycles. The maximum Gasteiger partial charge on any atom is 0.266 e. The second kappa shape index (κ2) is 10.5. The summed E-state index contributed by atoms with van der Waals surface area (Å²) in [7, 11) is 0. The number of carbonyl (C=O) groups is 3. The van der Waals surface area contributed by atoms with Crippen LogP contribution in [0.5, 0.6) is 0 Å². The minimum atomic E-state index is -1.04. The van der Waals surface area contributed by atoms with E-state index < -0.39 is 11.2 Å². The van der Waals surface area contributed by atoms with Crippen LogP contribution in [-0.4, -0.2) is 40.6 Å². The van der Waals surface area contributed by atoms with Crippen molar-refractivity contribution in [2.75, 3.05) is 18.4 Å². The highest BCUT2D eigenvalue weighted by Crippen LogP contribution is 2.34. The first-order valence-corrected chi connectivity index (χ1v) is 12.5. The van der Waals surface area contributed by atoms with Gasteiger partial charge in [-0.05, 0) is 43.5 Å². The third kappa shape index (κ3) is 5.82. The summed E-state index contributed by atoms with van der Waals surface area (Å²) in [5.74, 6) is -1.13. The summed E-state index contributed by atoms with van der Waals surface area (Å²) in [6.45, 7) is 4.78. The quantitative estimate of drug-likeness (QED) is 0.421. The first-order chi connectivity index (χ1) is 16.7. The molecule has 2 amide bonds. The normalized spacial score (nSPS) is 14.0. The molecule has 0 aliphatic carbocycles. The fraction of sp³-hybridized carbons (Fsp3) is 0.333. The molecule has 35 heavy (non-hydrogen) atoms. The van der Waals surface area contributed by atoms with Crippen LogP contribution in [0.4, 0.5) is 9.52 Å². The highest BCUT2D eigenvalue weighted by atomic mass is 32.1. The van der Waals surface area contributed by atoms with E-state index in [2.05, 4.69) is 10.3 Å². The number of piperidine rings is 1. The van der Waals surface area contributed by atoms with E-state index in [0.29, 0.717) is 34.4 Å². The Morgan fingerprint density at radius 3 is 2.31 bits per heavy atom. The summed E-state index contributed by atoms with van der Waals surface area (Å²) >= 11 is 1.16. The van der Waals surface area contributed by atoms with E-state index in [1.807, 2.05) is 35.2 Å². The monoisotopic (exact) mass is 493 g/mol. The number of hydrogen-bond acceptors (Lipinski definition) is 5. The molecule has 1 aliphatic rings. The molecule has 0 radical (unpaired) electrons. The predicted molar refractivity (Wildman–Crippen MR) is 135 cm³/mol. The molecule has 4 rings (SSSR count). The van der Waals surface area contributed by atoms with Crippen molar-refractivity contribution in [3.05, 3.63) is 70.9 Å². The van der Waals surface area contributed by atoms with E-state index in [4.69, 9.17) is 0 Å². The van der Waals surface area contributed by atoms with Crippen molar-refractivity contribution in [1.29, 1.82) is 0 Å². The summed E-state index contributed by atoms with van der Waals surface area (Å²) in [6.07, 6.45) is 3.02. The van der Waals surface area contributed by atoms with Crippen molar-refractivity contribution in [2.24, 2.45) is 5.41 Å². The number of nitrogens with one attached hydrogen (secondary N) is 1. The van der Waals surface area contributed by atoms with Crippen LogP contribution in [0.1, 0.15) is 59.6 Å². The molecule has 0 bridgehead atoms. The number of likely N-dealkylation sites (tertiary alicyclic amines) is 1. The fourth-order valence-corrected chi connectivity index (χ4v) is 4.99. The van der Waals surface area contributed by atoms with Crippen LogP contribution in [0.2, 0.25) is 0 Å². The average Bonchev–Trinajstić information content (AvgIpc) is 3.28. The second-order valence-electron chi connectivity index (χ2n) is 9.36. The number of rotatable bonds is 7. The van der Waals surface area contributed by atoms with E-state index in [0.717, 1.165) is 36.2 Å². The molecule has 3 aromatic rings. The van der Waals surface area contributed by atoms with E-state index in [-0.39, 0.29) is 24.0 Å². The number of aromatic nitrogens is 1. The molecule has 0 unspecified atom stereocenters. The number of hydrogen-bond donors (Lipinski definition) is 1. The van der Waals surface area contributed by atoms with Gasteiger partial charge in [-0.2, -0.15) is 0 Å². The Hall–Kier alpha value is -3.39. The molecule has 0 atom stereocenters. The molecular formula is C27H28FN3O3S.